The lowest BCUT2D eigenvalue weighted by atomic mass is 9.85. The van der Waals surface area contributed by atoms with Crippen molar-refractivity contribution in [3.05, 3.63) is 65.9 Å². The highest BCUT2D eigenvalue weighted by Gasteiger charge is 2.33. The van der Waals surface area contributed by atoms with Gasteiger partial charge in [0, 0.05) is 17.9 Å². The van der Waals surface area contributed by atoms with Crippen LogP contribution in [0.1, 0.15) is 36.1 Å². The van der Waals surface area contributed by atoms with Gasteiger partial charge in [-0.15, -0.1) is 0 Å². The van der Waals surface area contributed by atoms with Crippen LogP contribution >= 0.6 is 11.3 Å². The number of ether oxygens (including phenoxy) is 3. The first-order valence-electron chi connectivity index (χ1n) is 11.4. The van der Waals surface area contributed by atoms with E-state index in [9.17, 15) is 4.79 Å². The summed E-state index contributed by atoms with van der Waals surface area (Å²) in [5.74, 6) is 2.45. The molecule has 4 aromatic rings. The number of methoxy groups -OCH3 is 1. The summed E-state index contributed by atoms with van der Waals surface area (Å²) in [4.78, 5) is 17.6. The third-order valence-electron chi connectivity index (χ3n) is 5.89. The number of hydrogen-bond donors (Lipinski definition) is 1. The maximum Gasteiger partial charge on any atom is 0.226 e. The maximum atomic E-state index is 12.8. The van der Waals surface area contributed by atoms with E-state index >= 15 is 0 Å². The molecule has 2 aromatic heterocycles. The normalized spacial score (nSPS) is 14.9. The number of nitrogens with zero attached hydrogens (tertiary/aromatic N) is 3. The molecule has 1 unspecified atom stereocenters. The number of carbonyl (C=O) groups excluding carboxylic acids is 1. The predicted octanol–water partition coefficient (Wildman–Crippen LogP) is 5.24. The molecule has 2 aromatic carbocycles. The minimum Gasteiger partial charge on any atom is -0.494 e. The van der Waals surface area contributed by atoms with Crippen molar-refractivity contribution in [2.45, 2.75) is 26.2 Å². The highest BCUT2D eigenvalue weighted by molar-refractivity contribution is 7.20. The van der Waals surface area contributed by atoms with Gasteiger partial charge < -0.3 is 19.5 Å². The van der Waals surface area contributed by atoms with Crippen LogP contribution in [-0.4, -0.2) is 41.0 Å². The molecule has 1 N–H and O–H groups in total. The first kappa shape index (κ1) is 22.9. The molecule has 1 atom stereocenters. The van der Waals surface area contributed by atoms with Crippen LogP contribution in [0.2, 0.25) is 0 Å². The molecule has 5 rings (SSSR count). The second kappa shape index (κ2) is 9.42. The van der Waals surface area contributed by atoms with Gasteiger partial charge in [0.2, 0.25) is 11.0 Å². The van der Waals surface area contributed by atoms with Gasteiger partial charge in [-0.25, -0.2) is 4.98 Å². The Bertz CT molecular complexity index is 1420. The molecule has 0 spiro atoms. The first-order chi connectivity index (χ1) is 17.0. The summed E-state index contributed by atoms with van der Waals surface area (Å²) in [6.07, 6.45) is 2.00. The zero-order chi connectivity index (χ0) is 24.5. The lowest BCUT2D eigenvalue weighted by Crippen LogP contribution is -2.25. The summed E-state index contributed by atoms with van der Waals surface area (Å²) in [5, 5.41) is 8.49. The summed E-state index contributed by atoms with van der Waals surface area (Å²) in [5.41, 5.74) is 3.62. The van der Waals surface area contributed by atoms with E-state index in [0.717, 1.165) is 32.8 Å². The Balaban J connectivity index is 1.56. The van der Waals surface area contributed by atoms with Crippen molar-refractivity contribution in [3.63, 3.8) is 0 Å². The Morgan fingerprint density at radius 3 is 2.86 bits per heavy atom. The van der Waals surface area contributed by atoms with E-state index in [1.807, 2.05) is 50.2 Å². The fourth-order valence-corrected chi connectivity index (χ4v) is 5.33. The minimum atomic E-state index is -0.172. The van der Waals surface area contributed by atoms with E-state index in [1.165, 1.54) is 11.3 Å². The number of aromatic nitrogens is 3. The zero-order valence-corrected chi connectivity index (χ0v) is 20.6. The average Bonchev–Trinajstić information content (AvgIpc) is 3.42. The zero-order valence-electron chi connectivity index (χ0n) is 19.8. The van der Waals surface area contributed by atoms with Gasteiger partial charge in [-0.2, -0.15) is 9.78 Å². The summed E-state index contributed by atoms with van der Waals surface area (Å²) in [7, 11) is 1.60. The number of hydrogen-bond acceptors (Lipinski definition) is 7. The van der Waals surface area contributed by atoms with Gasteiger partial charge in [-0.05, 0) is 49.7 Å². The molecule has 0 bridgehead atoms. The van der Waals surface area contributed by atoms with E-state index in [0.29, 0.717) is 42.1 Å². The lowest BCUT2D eigenvalue weighted by Gasteiger charge is -2.24. The van der Waals surface area contributed by atoms with Crippen LogP contribution < -0.4 is 19.5 Å². The van der Waals surface area contributed by atoms with Crippen LogP contribution in [0.5, 0.6) is 17.2 Å². The smallest absolute Gasteiger partial charge is 0.226 e. The van der Waals surface area contributed by atoms with E-state index in [-0.39, 0.29) is 11.8 Å². The highest BCUT2D eigenvalue weighted by Crippen LogP contribution is 2.43. The molecular weight excluding hydrogens is 464 g/mol. The topological polar surface area (TPSA) is 87.5 Å². The van der Waals surface area contributed by atoms with E-state index in [4.69, 9.17) is 24.3 Å². The second-order valence-electron chi connectivity index (χ2n) is 8.13. The summed E-state index contributed by atoms with van der Waals surface area (Å²) in [6.45, 7) is 8.58. The lowest BCUT2D eigenvalue weighted by molar-refractivity contribution is -0.116. The van der Waals surface area contributed by atoms with Gasteiger partial charge in [-0.1, -0.05) is 30.1 Å². The molecule has 35 heavy (non-hydrogen) atoms. The third-order valence-corrected chi connectivity index (χ3v) is 6.88. The van der Waals surface area contributed by atoms with Crippen LogP contribution in [0.4, 0.5) is 5.82 Å². The summed E-state index contributed by atoms with van der Waals surface area (Å²) >= 11 is 1.50. The Morgan fingerprint density at radius 2 is 2.09 bits per heavy atom. The van der Waals surface area contributed by atoms with Crippen LogP contribution in [0.3, 0.4) is 0 Å². The summed E-state index contributed by atoms with van der Waals surface area (Å²) < 4.78 is 19.6. The number of thiazole rings is 1. The summed E-state index contributed by atoms with van der Waals surface area (Å²) in [6, 6.07) is 11.6. The molecule has 0 aliphatic carbocycles. The Kier molecular flexibility index (Phi) is 6.17. The molecule has 1 amide bonds. The van der Waals surface area contributed by atoms with Crippen molar-refractivity contribution in [1.82, 2.24) is 14.8 Å². The monoisotopic (exact) mass is 490 g/mol. The van der Waals surface area contributed by atoms with Gasteiger partial charge in [0.05, 0.1) is 29.6 Å². The minimum absolute atomic E-state index is 0.0747. The molecule has 0 saturated carbocycles. The quantitative estimate of drug-likeness (QED) is 0.340. The number of anilines is 1. The molecule has 0 fully saturated rings. The SMILES string of the molecule is C=CCOc1ccc(C2CC(=O)Nc3c2c(C)nn3-c2nc3ccc(OCC)cc3s2)cc1OC. The fourth-order valence-electron chi connectivity index (χ4n) is 4.38. The van der Waals surface area contributed by atoms with Gasteiger partial charge in [0.1, 0.15) is 18.2 Å². The molecular formula is C26H26N4O4S. The van der Waals surface area contributed by atoms with Crippen LogP contribution in [0.25, 0.3) is 15.3 Å². The number of carbonyl (C=O) groups is 1. The number of nitrogens with one attached hydrogen (secondary N) is 1. The number of benzene rings is 2. The predicted molar refractivity (Wildman–Crippen MR) is 136 cm³/mol. The van der Waals surface area contributed by atoms with Gasteiger partial charge >= 0.3 is 0 Å². The van der Waals surface area contributed by atoms with Crippen molar-refractivity contribution in [1.29, 1.82) is 0 Å². The number of aryl methyl sites for hydroxylation is 1. The largest absolute Gasteiger partial charge is 0.494 e. The highest BCUT2D eigenvalue weighted by atomic mass is 32.1. The molecule has 9 heteroatoms. The average molecular weight is 491 g/mol. The molecule has 3 heterocycles. The fraction of sp³-hybridized carbons (Fsp3) is 0.269. The number of amides is 1. The van der Waals surface area contributed by atoms with Crippen molar-refractivity contribution < 1.29 is 19.0 Å². The Hall–Kier alpha value is -3.85. The number of fused-ring (bicyclic) bond motifs is 2. The number of rotatable bonds is 8. The molecule has 0 radical (unpaired) electrons. The third kappa shape index (κ3) is 4.23. The van der Waals surface area contributed by atoms with Gasteiger partial charge in [0.15, 0.2) is 11.5 Å². The van der Waals surface area contributed by atoms with Crippen LogP contribution in [-0.2, 0) is 4.79 Å². The molecule has 180 valence electrons. The molecule has 0 saturated heterocycles. The molecule has 8 nitrogen and oxygen atoms in total. The van der Waals surface area contributed by atoms with E-state index in [1.54, 1.807) is 17.9 Å². The molecule has 1 aliphatic heterocycles. The van der Waals surface area contributed by atoms with E-state index in [2.05, 4.69) is 11.9 Å². The second-order valence-corrected chi connectivity index (χ2v) is 9.14. The Morgan fingerprint density at radius 1 is 1.23 bits per heavy atom. The van der Waals surface area contributed by atoms with Crippen molar-refractivity contribution >= 4 is 33.3 Å². The standard InChI is InChI=1S/C26H26N4O4S/c1-5-11-34-20-10-7-16(12-21(20)32-4)18-14-23(31)28-25-24(18)15(3)29-30(25)26-27-19-9-8-17(33-6-2)13-22(19)35-26/h5,7-10,12-13,18H,1,6,11,14H2,2-4H3,(H,28,31). The Labute approximate surface area is 207 Å². The van der Waals surface area contributed by atoms with Crippen molar-refractivity contribution in [3.8, 4) is 22.4 Å². The van der Waals surface area contributed by atoms with Crippen molar-refractivity contribution in [2.75, 3.05) is 25.6 Å². The maximum absolute atomic E-state index is 12.8. The van der Waals surface area contributed by atoms with Crippen molar-refractivity contribution in [2.24, 2.45) is 0 Å². The van der Waals surface area contributed by atoms with Gasteiger partial charge in [-0.3, -0.25) is 4.79 Å². The molecule has 1 aliphatic rings. The van der Waals surface area contributed by atoms with Gasteiger partial charge in [0.25, 0.3) is 0 Å². The van der Waals surface area contributed by atoms with Crippen LogP contribution in [0, 0.1) is 6.92 Å². The van der Waals surface area contributed by atoms with E-state index < -0.39 is 0 Å². The van der Waals surface area contributed by atoms with Crippen LogP contribution in [0.15, 0.2) is 49.1 Å². The first-order valence-corrected chi connectivity index (χ1v) is 12.2.